The van der Waals surface area contributed by atoms with Crippen molar-refractivity contribution in [2.24, 2.45) is 5.73 Å². The van der Waals surface area contributed by atoms with E-state index in [-0.39, 0.29) is 0 Å². The van der Waals surface area contributed by atoms with Crippen LogP contribution in [0.15, 0.2) is 11.8 Å². The van der Waals surface area contributed by atoms with Crippen LogP contribution in [0.4, 0.5) is 0 Å². The van der Waals surface area contributed by atoms with E-state index in [9.17, 15) is 0 Å². The molecule has 0 aromatic rings. The van der Waals surface area contributed by atoms with E-state index in [0.717, 1.165) is 5.20 Å². The fraction of sp³-hybridized carbons (Fsp3) is 0.800. The van der Waals surface area contributed by atoms with Crippen LogP contribution in [-0.2, 0) is 8.23 Å². The van der Waals surface area contributed by atoms with Crippen LogP contribution < -0.4 is 5.73 Å². The Hall–Kier alpha value is 0.271. The van der Waals surface area contributed by atoms with Crippen LogP contribution in [0.5, 0.6) is 0 Å². The molecule has 0 bridgehead atoms. The summed E-state index contributed by atoms with van der Waals surface area (Å²) < 4.78 is 12.5. The molecule has 0 aliphatic rings. The van der Waals surface area contributed by atoms with Gasteiger partial charge >= 0.3 is 8.56 Å². The van der Waals surface area contributed by atoms with Crippen LogP contribution in [0.1, 0.15) is 0 Å². The van der Waals surface area contributed by atoms with E-state index in [1.807, 2.05) is 0 Å². The average Bonchev–Trinajstić information content (AvgIpc) is 1.95. The van der Waals surface area contributed by atoms with Crippen LogP contribution in [0, 0.1) is 0 Å². The molecule has 0 fully saturated rings. The SMILES string of the molecule is C=C(CN)[Si](C)(O[Si](C)(C)C)O[Si](C)(C)C. The minimum absolute atomic E-state index is 0.456. The van der Waals surface area contributed by atoms with Gasteiger partial charge in [0.15, 0.2) is 16.6 Å². The minimum Gasteiger partial charge on any atom is -0.434 e. The summed E-state index contributed by atoms with van der Waals surface area (Å²) in [6.45, 7) is 19.6. The summed E-state index contributed by atoms with van der Waals surface area (Å²) in [6.07, 6.45) is 0. The van der Waals surface area contributed by atoms with Gasteiger partial charge in [0.05, 0.1) is 0 Å². The van der Waals surface area contributed by atoms with E-state index < -0.39 is 25.2 Å². The molecule has 0 aromatic carbocycles. The fourth-order valence-electron chi connectivity index (χ4n) is 1.52. The summed E-state index contributed by atoms with van der Waals surface area (Å²) in [7, 11) is -5.58. The number of rotatable bonds is 6. The lowest BCUT2D eigenvalue weighted by atomic mass is 10.6. The second-order valence-corrected chi connectivity index (χ2v) is 18.9. The van der Waals surface area contributed by atoms with Gasteiger partial charge in [0.1, 0.15) is 0 Å². The van der Waals surface area contributed by atoms with Gasteiger partial charge < -0.3 is 14.0 Å². The first kappa shape index (κ1) is 16.3. The monoisotopic (exact) mass is 277 g/mol. The highest BCUT2D eigenvalue weighted by atomic mass is 28.5. The molecule has 96 valence electrons. The third kappa shape index (κ3) is 6.12. The van der Waals surface area contributed by atoms with E-state index in [1.54, 1.807) is 0 Å². The van der Waals surface area contributed by atoms with Crippen molar-refractivity contribution >= 4 is 25.2 Å². The van der Waals surface area contributed by atoms with Gasteiger partial charge in [-0.05, 0) is 51.0 Å². The molecule has 3 nitrogen and oxygen atoms in total. The van der Waals surface area contributed by atoms with Gasteiger partial charge in [0, 0.05) is 6.54 Å². The van der Waals surface area contributed by atoms with Gasteiger partial charge in [-0.2, -0.15) is 0 Å². The molecule has 0 amide bonds. The van der Waals surface area contributed by atoms with E-state index in [2.05, 4.69) is 52.4 Å². The first-order valence-electron chi connectivity index (χ1n) is 5.68. The molecule has 0 rings (SSSR count). The highest BCUT2D eigenvalue weighted by Crippen LogP contribution is 2.25. The Kier molecular flexibility index (Phi) is 5.37. The molecule has 6 heteroatoms. The smallest absolute Gasteiger partial charge is 0.345 e. The zero-order valence-electron chi connectivity index (χ0n) is 11.8. The van der Waals surface area contributed by atoms with Gasteiger partial charge in [-0.15, -0.1) is 0 Å². The van der Waals surface area contributed by atoms with E-state index in [1.165, 1.54) is 0 Å². The third-order valence-electron chi connectivity index (χ3n) is 1.89. The molecule has 2 N–H and O–H groups in total. The molecule has 0 aromatic heterocycles. The topological polar surface area (TPSA) is 44.5 Å². The van der Waals surface area contributed by atoms with Gasteiger partial charge in [-0.25, -0.2) is 0 Å². The van der Waals surface area contributed by atoms with E-state index >= 15 is 0 Å². The van der Waals surface area contributed by atoms with Crippen LogP contribution in [0.3, 0.4) is 0 Å². The standard InChI is InChI=1S/C10H27NO2Si3/c1-10(9-11)16(8,12-14(2,3)4)13-15(5,6)7/h1,9,11H2,2-8H3. The minimum atomic E-state index is -2.32. The van der Waals surface area contributed by atoms with Crippen molar-refractivity contribution in [3.8, 4) is 0 Å². The fourth-order valence-corrected chi connectivity index (χ4v) is 12.9. The summed E-state index contributed by atoms with van der Waals surface area (Å²) in [5, 5.41) is 0.956. The van der Waals surface area contributed by atoms with E-state index in [4.69, 9.17) is 14.0 Å². The number of nitrogens with two attached hydrogens (primary N) is 1. The molecule has 0 heterocycles. The van der Waals surface area contributed by atoms with Crippen LogP contribution >= 0.6 is 0 Å². The first-order chi connectivity index (χ1) is 6.90. The molecule has 0 saturated carbocycles. The summed E-state index contributed by atoms with van der Waals surface area (Å²) in [5.74, 6) is 0. The zero-order valence-corrected chi connectivity index (χ0v) is 14.8. The lowest BCUT2D eigenvalue weighted by Gasteiger charge is -2.39. The summed E-state index contributed by atoms with van der Waals surface area (Å²) in [4.78, 5) is 0. The zero-order chi connectivity index (χ0) is 13.2. The Morgan fingerprint density at radius 1 is 0.938 bits per heavy atom. The molecule has 0 saturated heterocycles. The highest BCUT2D eigenvalue weighted by molar-refractivity contribution is 6.90. The van der Waals surface area contributed by atoms with Crippen molar-refractivity contribution in [1.82, 2.24) is 0 Å². The Balaban J connectivity index is 4.97. The Bertz CT molecular complexity index is 240. The second-order valence-electron chi connectivity index (χ2n) is 6.18. The maximum absolute atomic E-state index is 6.26. The largest absolute Gasteiger partial charge is 0.434 e. The summed E-state index contributed by atoms with van der Waals surface area (Å²) in [5.41, 5.74) is 5.70. The predicted octanol–water partition coefficient (Wildman–Crippen LogP) is 2.82. The highest BCUT2D eigenvalue weighted by Gasteiger charge is 2.42. The van der Waals surface area contributed by atoms with Crippen LogP contribution in [-0.4, -0.2) is 31.7 Å². The molecular formula is C10H27NO2Si3. The van der Waals surface area contributed by atoms with Crippen molar-refractivity contribution in [3.05, 3.63) is 11.8 Å². The molecular weight excluding hydrogens is 250 g/mol. The van der Waals surface area contributed by atoms with Crippen molar-refractivity contribution < 1.29 is 8.23 Å². The number of hydrogen-bond donors (Lipinski definition) is 1. The molecule has 0 aliphatic carbocycles. The van der Waals surface area contributed by atoms with Crippen molar-refractivity contribution in [3.63, 3.8) is 0 Å². The Morgan fingerprint density at radius 2 is 1.25 bits per heavy atom. The molecule has 0 unspecified atom stereocenters. The van der Waals surface area contributed by atoms with Gasteiger partial charge in [0.25, 0.3) is 0 Å². The van der Waals surface area contributed by atoms with Crippen LogP contribution in [0.25, 0.3) is 0 Å². The van der Waals surface area contributed by atoms with Crippen LogP contribution in [0.2, 0.25) is 45.8 Å². The lowest BCUT2D eigenvalue weighted by molar-refractivity contribution is 0.397. The molecule has 0 atom stereocenters. The van der Waals surface area contributed by atoms with E-state index in [0.29, 0.717) is 6.54 Å². The summed E-state index contributed by atoms with van der Waals surface area (Å²) >= 11 is 0. The molecule has 0 aliphatic heterocycles. The molecule has 16 heavy (non-hydrogen) atoms. The molecule has 0 radical (unpaired) electrons. The van der Waals surface area contributed by atoms with Crippen molar-refractivity contribution in [2.45, 2.75) is 45.8 Å². The normalized spacial score (nSPS) is 14.0. The second kappa shape index (κ2) is 5.28. The maximum Gasteiger partial charge on any atom is 0.345 e. The van der Waals surface area contributed by atoms with Gasteiger partial charge in [-0.1, -0.05) is 6.58 Å². The lowest BCUT2D eigenvalue weighted by Crippen LogP contribution is -2.55. The summed E-state index contributed by atoms with van der Waals surface area (Å²) in [6, 6.07) is 0. The third-order valence-corrected chi connectivity index (χ3v) is 11.4. The van der Waals surface area contributed by atoms with Gasteiger partial charge in [0.2, 0.25) is 0 Å². The Morgan fingerprint density at radius 3 is 1.44 bits per heavy atom. The van der Waals surface area contributed by atoms with Crippen molar-refractivity contribution in [2.75, 3.05) is 6.54 Å². The van der Waals surface area contributed by atoms with Crippen molar-refractivity contribution in [1.29, 1.82) is 0 Å². The maximum atomic E-state index is 6.26. The molecule has 0 spiro atoms. The Labute approximate surface area is 104 Å². The number of hydrogen-bond acceptors (Lipinski definition) is 3. The average molecular weight is 278 g/mol. The first-order valence-corrected chi connectivity index (χ1v) is 14.8. The quantitative estimate of drug-likeness (QED) is 0.759. The predicted molar refractivity (Wildman–Crippen MR) is 78.7 cm³/mol. The van der Waals surface area contributed by atoms with Gasteiger partial charge in [-0.3, -0.25) is 0 Å².